The second-order valence-corrected chi connectivity index (χ2v) is 9.72. The highest BCUT2D eigenvalue weighted by Crippen LogP contribution is 2.31. The summed E-state index contributed by atoms with van der Waals surface area (Å²) in [5, 5.41) is 9.69. The molecule has 2 aromatic rings. The molecule has 2 heterocycles. The quantitative estimate of drug-likeness (QED) is 0.515. The van der Waals surface area contributed by atoms with Gasteiger partial charge >= 0.3 is 6.03 Å². The molecule has 176 valence electrons. The number of urea groups is 1. The summed E-state index contributed by atoms with van der Waals surface area (Å²) in [6, 6.07) is 7.79. The lowest BCUT2D eigenvalue weighted by atomic mass is 10.0. The fourth-order valence-corrected chi connectivity index (χ4v) is 4.59. The first-order chi connectivity index (χ1) is 15.8. The van der Waals surface area contributed by atoms with Crippen LogP contribution in [0, 0.1) is 5.92 Å². The van der Waals surface area contributed by atoms with Gasteiger partial charge in [-0.2, -0.15) is 4.98 Å². The van der Waals surface area contributed by atoms with Crippen molar-refractivity contribution in [1.29, 1.82) is 0 Å². The van der Waals surface area contributed by atoms with Crippen LogP contribution in [-0.2, 0) is 4.79 Å². The van der Waals surface area contributed by atoms with Gasteiger partial charge in [0.25, 0.3) is 0 Å². The van der Waals surface area contributed by atoms with E-state index in [-0.39, 0.29) is 29.9 Å². The van der Waals surface area contributed by atoms with Gasteiger partial charge in [0.15, 0.2) is 0 Å². The van der Waals surface area contributed by atoms with Crippen LogP contribution < -0.4 is 20.9 Å². The lowest BCUT2D eigenvalue weighted by Gasteiger charge is -2.23. The number of halogens is 1. The summed E-state index contributed by atoms with van der Waals surface area (Å²) in [5.41, 5.74) is 1.68. The van der Waals surface area contributed by atoms with E-state index in [1.807, 2.05) is 38.1 Å². The number of carbonyl (C=O) groups excluding carboxylic acids is 2. The van der Waals surface area contributed by atoms with Crippen molar-refractivity contribution >= 4 is 51.0 Å². The normalized spacial score (nSPS) is 20.5. The van der Waals surface area contributed by atoms with E-state index in [9.17, 15) is 9.59 Å². The summed E-state index contributed by atoms with van der Waals surface area (Å²) in [7, 11) is 1.80. The van der Waals surface area contributed by atoms with Gasteiger partial charge in [0, 0.05) is 49.8 Å². The van der Waals surface area contributed by atoms with Gasteiger partial charge in [-0.05, 0) is 66.9 Å². The lowest BCUT2D eigenvalue weighted by Crippen LogP contribution is -2.41. The molecule has 2 fully saturated rings. The molecule has 1 saturated heterocycles. The number of likely N-dealkylation sites (N-methyl/N-ethyl adjacent to an activating group) is 1. The van der Waals surface area contributed by atoms with Gasteiger partial charge in [-0.3, -0.25) is 9.69 Å². The molecule has 4 rings (SSSR count). The van der Waals surface area contributed by atoms with Crippen molar-refractivity contribution in [2.75, 3.05) is 35.7 Å². The molecule has 1 saturated carbocycles. The molecule has 2 aliphatic rings. The third kappa shape index (κ3) is 5.38. The molecule has 1 aromatic carbocycles. The number of benzene rings is 1. The first-order valence-electron chi connectivity index (χ1n) is 11.3. The number of hydrogen-bond donors (Lipinski definition) is 3. The maximum absolute atomic E-state index is 12.6. The minimum absolute atomic E-state index is 0.00922. The van der Waals surface area contributed by atoms with Gasteiger partial charge in [0.1, 0.15) is 5.82 Å². The van der Waals surface area contributed by atoms with E-state index in [4.69, 9.17) is 0 Å². The highest BCUT2D eigenvalue weighted by molar-refractivity contribution is 9.10. The molecule has 0 bridgehead atoms. The van der Waals surface area contributed by atoms with Crippen molar-refractivity contribution in [3.05, 3.63) is 34.9 Å². The number of amides is 3. The number of aromatic nitrogens is 2. The Bertz CT molecular complexity index is 1010. The zero-order valence-electron chi connectivity index (χ0n) is 19.1. The van der Waals surface area contributed by atoms with E-state index in [1.165, 1.54) is 0 Å². The summed E-state index contributed by atoms with van der Waals surface area (Å²) >= 11 is 3.52. The number of nitrogens with one attached hydrogen (secondary N) is 3. The van der Waals surface area contributed by atoms with Crippen LogP contribution >= 0.6 is 15.9 Å². The van der Waals surface area contributed by atoms with E-state index in [1.54, 1.807) is 23.0 Å². The number of nitrogens with zero attached hydrogens (tertiary/aromatic N) is 4. The van der Waals surface area contributed by atoms with Gasteiger partial charge in [-0.15, -0.1) is 0 Å². The zero-order valence-corrected chi connectivity index (χ0v) is 20.7. The van der Waals surface area contributed by atoms with Crippen LogP contribution in [0.3, 0.4) is 0 Å². The predicted octanol–water partition coefficient (Wildman–Crippen LogP) is 3.96. The smallest absolute Gasteiger partial charge is 0.324 e. The molecule has 0 unspecified atom stereocenters. The zero-order chi connectivity index (χ0) is 23.5. The van der Waals surface area contributed by atoms with Crippen LogP contribution in [-0.4, -0.2) is 59.0 Å². The van der Waals surface area contributed by atoms with E-state index in [0.717, 1.165) is 41.7 Å². The lowest BCUT2D eigenvalue weighted by molar-refractivity contribution is -0.125. The predicted molar refractivity (Wildman–Crippen MR) is 133 cm³/mol. The highest BCUT2D eigenvalue weighted by atomic mass is 79.9. The molecule has 33 heavy (non-hydrogen) atoms. The molecule has 9 nitrogen and oxygen atoms in total. The molecule has 1 aliphatic heterocycles. The summed E-state index contributed by atoms with van der Waals surface area (Å²) < 4.78 is 0.745. The number of hydrogen-bond acceptors (Lipinski definition) is 6. The van der Waals surface area contributed by atoms with Crippen LogP contribution in [0.4, 0.5) is 27.9 Å². The van der Waals surface area contributed by atoms with Gasteiger partial charge < -0.3 is 20.9 Å². The van der Waals surface area contributed by atoms with Gasteiger partial charge in [0.05, 0.1) is 10.4 Å². The molecule has 0 spiro atoms. The Morgan fingerprint density at radius 2 is 1.94 bits per heavy atom. The van der Waals surface area contributed by atoms with Crippen molar-refractivity contribution < 1.29 is 9.59 Å². The van der Waals surface area contributed by atoms with Crippen LogP contribution in [0.1, 0.15) is 33.1 Å². The molecule has 3 amide bonds. The molecular formula is C23H30BrN7O2. The maximum atomic E-state index is 12.6. The van der Waals surface area contributed by atoms with Crippen molar-refractivity contribution in [2.24, 2.45) is 5.92 Å². The summed E-state index contributed by atoms with van der Waals surface area (Å²) in [5.74, 6) is 1.12. The van der Waals surface area contributed by atoms with Crippen LogP contribution in [0.25, 0.3) is 0 Å². The topological polar surface area (TPSA) is 102 Å². The van der Waals surface area contributed by atoms with Crippen LogP contribution in [0.5, 0.6) is 0 Å². The standard InChI is InChI=1S/C23H30BrN7O2/c1-14(2)26-21(32)17-5-4-6-19(17)28-20-18(24)13-25-22(29-20)27-15-7-9-16(10-8-15)31-12-11-30(3)23(31)33/h7-10,13-14,17,19H,4-6,11-12H2,1-3H3,(H,26,32)(H2,25,27,28,29)/t17-,19-/m0/s1. The van der Waals surface area contributed by atoms with Crippen molar-refractivity contribution in [3.63, 3.8) is 0 Å². The van der Waals surface area contributed by atoms with Crippen molar-refractivity contribution in [3.8, 4) is 0 Å². The maximum Gasteiger partial charge on any atom is 0.324 e. The Morgan fingerprint density at radius 3 is 2.61 bits per heavy atom. The Hall–Kier alpha value is -2.88. The third-order valence-corrected chi connectivity index (χ3v) is 6.58. The fourth-order valence-electron chi connectivity index (χ4n) is 4.28. The summed E-state index contributed by atoms with van der Waals surface area (Å²) in [6.45, 7) is 5.36. The monoisotopic (exact) mass is 515 g/mol. The average Bonchev–Trinajstić information content (AvgIpc) is 3.37. The average molecular weight is 516 g/mol. The Morgan fingerprint density at radius 1 is 1.18 bits per heavy atom. The molecule has 1 aliphatic carbocycles. The minimum atomic E-state index is -0.0782. The molecule has 10 heteroatoms. The number of rotatable bonds is 7. The van der Waals surface area contributed by atoms with E-state index in [2.05, 4.69) is 41.8 Å². The second kappa shape index (κ2) is 9.94. The van der Waals surface area contributed by atoms with E-state index < -0.39 is 0 Å². The van der Waals surface area contributed by atoms with Gasteiger partial charge in [-0.25, -0.2) is 9.78 Å². The van der Waals surface area contributed by atoms with Crippen molar-refractivity contribution in [2.45, 2.75) is 45.2 Å². The van der Waals surface area contributed by atoms with Gasteiger partial charge in [0.2, 0.25) is 11.9 Å². The summed E-state index contributed by atoms with van der Waals surface area (Å²) in [6.07, 6.45) is 4.49. The van der Waals surface area contributed by atoms with E-state index >= 15 is 0 Å². The SMILES string of the molecule is CC(C)NC(=O)[C@H]1CCC[C@@H]1Nc1nc(Nc2ccc(N3CCN(C)C3=O)cc2)ncc1Br. The Labute approximate surface area is 202 Å². The van der Waals surface area contributed by atoms with Crippen molar-refractivity contribution in [1.82, 2.24) is 20.2 Å². The fraction of sp³-hybridized carbons (Fsp3) is 0.478. The third-order valence-electron chi connectivity index (χ3n) is 6.00. The van der Waals surface area contributed by atoms with E-state index in [0.29, 0.717) is 18.3 Å². The van der Waals surface area contributed by atoms with Crippen LogP contribution in [0.15, 0.2) is 34.9 Å². The number of anilines is 4. The molecule has 0 radical (unpaired) electrons. The minimum Gasteiger partial charge on any atom is -0.365 e. The van der Waals surface area contributed by atoms with Crippen LogP contribution in [0.2, 0.25) is 0 Å². The Kier molecular flexibility index (Phi) is 7.02. The first kappa shape index (κ1) is 23.3. The van der Waals surface area contributed by atoms with Gasteiger partial charge in [-0.1, -0.05) is 6.42 Å². The largest absolute Gasteiger partial charge is 0.365 e. The molecular weight excluding hydrogens is 486 g/mol. The summed E-state index contributed by atoms with van der Waals surface area (Å²) in [4.78, 5) is 37.2. The molecule has 2 atom stereocenters. The highest BCUT2D eigenvalue weighted by Gasteiger charge is 2.34. The molecule has 1 aromatic heterocycles. The second-order valence-electron chi connectivity index (χ2n) is 8.87. The molecule has 3 N–H and O–H groups in total. The number of carbonyl (C=O) groups is 2. The Balaban J connectivity index is 1.43. The first-order valence-corrected chi connectivity index (χ1v) is 12.1.